The molecule has 0 aromatic heterocycles. The van der Waals surface area contributed by atoms with E-state index in [9.17, 15) is 4.39 Å². The SMILES string of the molecule is CC(c1ccc(Cl)cc1)C(F)OCc1cccc(Oc2ccc(Cl)cc2)c1. The largest absolute Gasteiger partial charge is 0.457 e. The lowest BCUT2D eigenvalue weighted by molar-refractivity contribution is -0.0629. The number of ether oxygens (including phenoxy) is 2. The second-order valence-electron chi connectivity index (χ2n) is 6.21. The van der Waals surface area contributed by atoms with E-state index in [1.54, 1.807) is 43.3 Å². The molecule has 0 fully saturated rings. The molecule has 2 atom stereocenters. The van der Waals surface area contributed by atoms with Crippen LogP contribution in [0.15, 0.2) is 72.8 Å². The fraction of sp³-hybridized carbons (Fsp3) is 0.182. The summed E-state index contributed by atoms with van der Waals surface area (Å²) >= 11 is 11.7. The van der Waals surface area contributed by atoms with Crippen molar-refractivity contribution in [3.63, 3.8) is 0 Å². The van der Waals surface area contributed by atoms with Crippen molar-refractivity contribution >= 4 is 23.2 Å². The molecule has 5 heteroatoms. The number of benzene rings is 3. The molecule has 0 amide bonds. The summed E-state index contributed by atoms with van der Waals surface area (Å²) in [6, 6.07) is 21.6. The lowest BCUT2D eigenvalue weighted by atomic mass is 10.0. The summed E-state index contributed by atoms with van der Waals surface area (Å²) in [6.07, 6.45) is -1.42. The van der Waals surface area contributed by atoms with Gasteiger partial charge in [0.1, 0.15) is 11.5 Å². The van der Waals surface area contributed by atoms with Crippen LogP contribution >= 0.6 is 23.2 Å². The standard InChI is InChI=1S/C22H19Cl2FO2/c1-15(17-5-7-18(23)8-6-17)22(25)26-14-16-3-2-4-21(13-16)27-20-11-9-19(24)10-12-20/h2-13,15,22H,14H2,1H3. The monoisotopic (exact) mass is 404 g/mol. The normalized spacial score (nSPS) is 13.2. The van der Waals surface area contributed by atoms with Crippen LogP contribution in [0.5, 0.6) is 11.5 Å². The summed E-state index contributed by atoms with van der Waals surface area (Å²) in [6.45, 7) is 1.94. The first-order valence-corrected chi connectivity index (χ1v) is 9.30. The van der Waals surface area contributed by atoms with Crippen LogP contribution in [0.4, 0.5) is 4.39 Å². The van der Waals surface area contributed by atoms with Crippen molar-refractivity contribution in [2.24, 2.45) is 0 Å². The van der Waals surface area contributed by atoms with Crippen LogP contribution in [0.3, 0.4) is 0 Å². The van der Waals surface area contributed by atoms with Crippen molar-refractivity contribution in [1.82, 2.24) is 0 Å². The van der Waals surface area contributed by atoms with E-state index in [1.165, 1.54) is 0 Å². The second-order valence-corrected chi connectivity index (χ2v) is 7.08. The summed E-state index contributed by atoms with van der Waals surface area (Å²) in [4.78, 5) is 0. The van der Waals surface area contributed by atoms with Gasteiger partial charge < -0.3 is 9.47 Å². The smallest absolute Gasteiger partial charge is 0.205 e. The van der Waals surface area contributed by atoms with Gasteiger partial charge >= 0.3 is 0 Å². The topological polar surface area (TPSA) is 18.5 Å². The Kier molecular flexibility index (Phi) is 6.73. The first-order valence-electron chi connectivity index (χ1n) is 8.55. The molecule has 0 spiro atoms. The van der Waals surface area contributed by atoms with E-state index in [0.717, 1.165) is 11.1 Å². The number of hydrogen-bond donors (Lipinski definition) is 0. The van der Waals surface area contributed by atoms with E-state index in [0.29, 0.717) is 21.5 Å². The third-order valence-electron chi connectivity index (χ3n) is 4.15. The molecule has 0 aliphatic rings. The van der Waals surface area contributed by atoms with Gasteiger partial charge in [-0.05, 0) is 59.7 Å². The lowest BCUT2D eigenvalue weighted by Gasteiger charge is -2.18. The van der Waals surface area contributed by atoms with E-state index in [4.69, 9.17) is 32.7 Å². The maximum absolute atomic E-state index is 14.5. The summed E-state index contributed by atoms with van der Waals surface area (Å²) in [5.74, 6) is 0.938. The molecular formula is C22H19Cl2FO2. The molecule has 0 saturated carbocycles. The van der Waals surface area contributed by atoms with E-state index in [2.05, 4.69) is 0 Å². The minimum atomic E-state index is -1.42. The molecule has 0 N–H and O–H groups in total. The average Bonchev–Trinajstić information content (AvgIpc) is 2.68. The van der Waals surface area contributed by atoms with Crippen LogP contribution in [0.25, 0.3) is 0 Å². The Hall–Kier alpha value is -2.07. The Bertz CT molecular complexity index is 866. The van der Waals surface area contributed by atoms with Crippen molar-refractivity contribution in [3.05, 3.63) is 94.0 Å². The minimum Gasteiger partial charge on any atom is -0.457 e. The average molecular weight is 405 g/mol. The van der Waals surface area contributed by atoms with Crippen LogP contribution in [0, 0.1) is 0 Å². The molecule has 0 radical (unpaired) electrons. The third kappa shape index (κ3) is 5.70. The summed E-state index contributed by atoms with van der Waals surface area (Å²) < 4.78 is 25.7. The van der Waals surface area contributed by atoms with Crippen molar-refractivity contribution in [3.8, 4) is 11.5 Å². The highest BCUT2D eigenvalue weighted by Crippen LogP contribution is 2.27. The quantitative estimate of drug-likeness (QED) is 0.408. The van der Waals surface area contributed by atoms with Gasteiger partial charge in [-0.1, -0.05) is 54.4 Å². The predicted molar refractivity (Wildman–Crippen MR) is 108 cm³/mol. The van der Waals surface area contributed by atoms with Gasteiger partial charge in [0.15, 0.2) is 0 Å². The van der Waals surface area contributed by atoms with Gasteiger partial charge in [-0.25, -0.2) is 4.39 Å². The lowest BCUT2D eigenvalue weighted by Crippen LogP contribution is -2.15. The first kappa shape index (κ1) is 19.7. The Morgan fingerprint density at radius 3 is 2.15 bits per heavy atom. The molecule has 0 bridgehead atoms. The van der Waals surface area contributed by atoms with Gasteiger partial charge in [-0.15, -0.1) is 0 Å². The Morgan fingerprint density at radius 1 is 0.852 bits per heavy atom. The molecule has 140 valence electrons. The van der Waals surface area contributed by atoms with Gasteiger partial charge in [0.25, 0.3) is 0 Å². The molecular weight excluding hydrogens is 386 g/mol. The fourth-order valence-electron chi connectivity index (χ4n) is 2.58. The van der Waals surface area contributed by atoms with E-state index in [1.807, 2.05) is 36.4 Å². The molecule has 3 aromatic carbocycles. The highest BCUT2D eigenvalue weighted by atomic mass is 35.5. The zero-order chi connectivity index (χ0) is 19.2. The molecule has 0 aliphatic carbocycles. The molecule has 0 aliphatic heterocycles. The highest BCUT2D eigenvalue weighted by Gasteiger charge is 2.19. The van der Waals surface area contributed by atoms with Crippen LogP contribution in [0.2, 0.25) is 10.0 Å². The Balaban J connectivity index is 1.59. The number of rotatable bonds is 7. The zero-order valence-electron chi connectivity index (χ0n) is 14.7. The van der Waals surface area contributed by atoms with E-state index in [-0.39, 0.29) is 6.61 Å². The van der Waals surface area contributed by atoms with Crippen molar-refractivity contribution in [2.45, 2.75) is 25.8 Å². The molecule has 3 aromatic rings. The van der Waals surface area contributed by atoms with E-state index < -0.39 is 12.3 Å². The van der Waals surface area contributed by atoms with Crippen LogP contribution in [-0.2, 0) is 11.3 Å². The fourth-order valence-corrected chi connectivity index (χ4v) is 2.83. The number of alkyl halides is 1. The third-order valence-corrected chi connectivity index (χ3v) is 4.65. The highest BCUT2D eigenvalue weighted by molar-refractivity contribution is 6.30. The van der Waals surface area contributed by atoms with Gasteiger partial charge in [0, 0.05) is 16.0 Å². The molecule has 0 heterocycles. The summed E-state index contributed by atoms with van der Waals surface area (Å²) in [5, 5.41) is 1.27. The summed E-state index contributed by atoms with van der Waals surface area (Å²) in [5.41, 5.74) is 1.67. The molecule has 0 saturated heterocycles. The number of hydrogen-bond acceptors (Lipinski definition) is 2. The van der Waals surface area contributed by atoms with Crippen molar-refractivity contribution in [1.29, 1.82) is 0 Å². The van der Waals surface area contributed by atoms with Crippen LogP contribution in [0.1, 0.15) is 24.0 Å². The van der Waals surface area contributed by atoms with Crippen molar-refractivity contribution < 1.29 is 13.9 Å². The van der Waals surface area contributed by atoms with Gasteiger partial charge in [-0.2, -0.15) is 0 Å². The minimum absolute atomic E-state index is 0.150. The van der Waals surface area contributed by atoms with Gasteiger partial charge in [0.05, 0.1) is 6.61 Å². The van der Waals surface area contributed by atoms with Crippen LogP contribution < -0.4 is 4.74 Å². The molecule has 27 heavy (non-hydrogen) atoms. The van der Waals surface area contributed by atoms with Crippen molar-refractivity contribution in [2.75, 3.05) is 0 Å². The Labute approximate surface area is 168 Å². The molecule has 2 unspecified atom stereocenters. The van der Waals surface area contributed by atoms with Crippen LogP contribution in [-0.4, -0.2) is 6.36 Å². The maximum Gasteiger partial charge on any atom is 0.205 e. The first-order chi connectivity index (χ1) is 13.0. The summed E-state index contributed by atoms with van der Waals surface area (Å²) in [7, 11) is 0. The molecule has 3 rings (SSSR count). The Morgan fingerprint density at radius 2 is 1.48 bits per heavy atom. The van der Waals surface area contributed by atoms with E-state index >= 15 is 0 Å². The van der Waals surface area contributed by atoms with Gasteiger partial charge in [-0.3, -0.25) is 0 Å². The van der Waals surface area contributed by atoms with Gasteiger partial charge in [0.2, 0.25) is 6.36 Å². The number of halogens is 3. The second kappa shape index (κ2) is 9.23. The zero-order valence-corrected chi connectivity index (χ0v) is 16.3. The maximum atomic E-state index is 14.5. The predicted octanol–water partition coefficient (Wildman–Crippen LogP) is 7.40. The molecule has 2 nitrogen and oxygen atoms in total.